The van der Waals surface area contributed by atoms with Gasteiger partial charge in [-0.25, -0.2) is 4.68 Å². The van der Waals surface area contributed by atoms with Gasteiger partial charge in [0.2, 0.25) is 0 Å². The lowest BCUT2D eigenvalue weighted by atomic mass is 10.00. The lowest BCUT2D eigenvalue weighted by Crippen LogP contribution is -2.28. The Bertz CT molecular complexity index is 1000. The van der Waals surface area contributed by atoms with Crippen molar-refractivity contribution in [1.29, 1.82) is 0 Å². The van der Waals surface area contributed by atoms with Crippen LogP contribution in [0.25, 0.3) is 5.69 Å². The van der Waals surface area contributed by atoms with E-state index in [9.17, 15) is 0 Å². The van der Waals surface area contributed by atoms with Gasteiger partial charge in [-0.1, -0.05) is 55.3 Å². The molecule has 0 atom stereocenters. The number of anilines is 1. The highest BCUT2D eigenvalue weighted by Gasteiger charge is 2.14. The molecule has 4 heteroatoms. The van der Waals surface area contributed by atoms with Crippen LogP contribution in [0, 0.1) is 0 Å². The molecular weight excluding hydrogens is 402 g/mol. The number of aryl methyl sites for hydroxylation is 1. The molecule has 31 heavy (non-hydrogen) atoms. The summed E-state index contributed by atoms with van der Waals surface area (Å²) in [5.74, 6) is 0.444. The maximum absolute atomic E-state index is 6.01. The second kappa shape index (κ2) is 10.2. The fourth-order valence-corrected chi connectivity index (χ4v) is 4.30. The Balaban J connectivity index is 1.31. The highest BCUT2D eigenvalue weighted by atomic mass is 35.5. The minimum absolute atomic E-state index is 0.444. The summed E-state index contributed by atoms with van der Waals surface area (Å²) in [6.45, 7) is 6.51. The van der Waals surface area contributed by atoms with Crippen LogP contribution >= 0.6 is 11.6 Å². The van der Waals surface area contributed by atoms with E-state index in [0.29, 0.717) is 5.92 Å². The normalized spacial score (nSPS) is 14.2. The second-order valence-electron chi connectivity index (χ2n) is 8.70. The largest absolute Gasteiger partial charge is 0.367 e. The van der Waals surface area contributed by atoms with Crippen LogP contribution in [0.2, 0.25) is 5.02 Å². The third kappa shape index (κ3) is 5.59. The van der Waals surface area contributed by atoms with E-state index < -0.39 is 0 Å². The predicted octanol–water partition coefficient (Wildman–Crippen LogP) is 7.20. The molecule has 0 spiro atoms. The first-order chi connectivity index (χ1) is 15.1. The zero-order chi connectivity index (χ0) is 21.6. The molecule has 0 aliphatic carbocycles. The van der Waals surface area contributed by atoms with E-state index in [1.165, 1.54) is 36.3 Å². The molecule has 0 unspecified atom stereocenters. The van der Waals surface area contributed by atoms with Crippen LogP contribution in [0.3, 0.4) is 0 Å². The molecule has 1 aliphatic heterocycles. The van der Waals surface area contributed by atoms with Gasteiger partial charge >= 0.3 is 0 Å². The van der Waals surface area contributed by atoms with Gasteiger partial charge in [0.15, 0.2) is 0 Å². The number of hydrogen-bond acceptors (Lipinski definition) is 2. The topological polar surface area (TPSA) is 21.1 Å². The molecule has 1 aliphatic rings. The molecule has 0 saturated carbocycles. The Morgan fingerprint density at radius 1 is 0.935 bits per heavy atom. The number of hydrogen-bond donors (Lipinski definition) is 0. The van der Waals surface area contributed by atoms with Crippen molar-refractivity contribution in [3.05, 3.63) is 88.7 Å². The summed E-state index contributed by atoms with van der Waals surface area (Å²) in [7, 11) is 0. The highest BCUT2D eigenvalue weighted by Crippen LogP contribution is 2.25. The molecule has 0 N–H and O–H groups in total. The Morgan fingerprint density at radius 2 is 1.68 bits per heavy atom. The minimum atomic E-state index is 0.444. The SMILES string of the molecule is CC(C)c1cc(CCCCC2=CCN(c3ccc(Cl)cc3)CC2)n(-c2ccccc2)n1. The van der Waals surface area contributed by atoms with E-state index in [4.69, 9.17) is 16.7 Å². The van der Waals surface area contributed by atoms with Gasteiger partial charge in [-0.2, -0.15) is 5.10 Å². The van der Waals surface area contributed by atoms with E-state index in [1.807, 2.05) is 12.1 Å². The molecule has 0 saturated heterocycles. The van der Waals surface area contributed by atoms with Crippen molar-refractivity contribution in [2.45, 2.75) is 51.9 Å². The molecule has 2 heterocycles. The van der Waals surface area contributed by atoms with Gasteiger partial charge in [-0.3, -0.25) is 0 Å². The van der Waals surface area contributed by atoms with Gasteiger partial charge in [0.25, 0.3) is 0 Å². The van der Waals surface area contributed by atoms with Gasteiger partial charge in [0.1, 0.15) is 0 Å². The molecule has 162 valence electrons. The molecular formula is C27H32ClN3. The number of rotatable bonds is 8. The Morgan fingerprint density at radius 3 is 2.35 bits per heavy atom. The molecule has 0 fully saturated rings. The third-order valence-corrected chi connectivity index (χ3v) is 6.32. The fraction of sp³-hybridized carbons (Fsp3) is 0.370. The maximum atomic E-state index is 6.01. The minimum Gasteiger partial charge on any atom is -0.367 e. The van der Waals surface area contributed by atoms with Crippen LogP contribution in [0.4, 0.5) is 5.69 Å². The Hall–Kier alpha value is -2.52. The molecule has 3 nitrogen and oxygen atoms in total. The zero-order valence-electron chi connectivity index (χ0n) is 18.6. The molecule has 0 bridgehead atoms. The average Bonchev–Trinajstić information content (AvgIpc) is 3.23. The first kappa shape index (κ1) is 21.7. The van der Waals surface area contributed by atoms with Crippen LogP contribution in [-0.4, -0.2) is 22.9 Å². The van der Waals surface area contributed by atoms with Crippen molar-refractivity contribution in [3.8, 4) is 5.69 Å². The van der Waals surface area contributed by atoms with Gasteiger partial charge < -0.3 is 4.90 Å². The average molecular weight is 434 g/mol. The quantitative estimate of drug-likeness (QED) is 0.276. The van der Waals surface area contributed by atoms with Crippen LogP contribution in [0.1, 0.15) is 56.8 Å². The van der Waals surface area contributed by atoms with Crippen molar-refractivity contribution in [2.75, 3.05) is 18.0 Å². The highest BCUT2D eigenvalue weighted by molar-refractivity contribution is 6.30. The fourth-order valence-electron chi connectivity index (χ4n) is 4.18. The summed E-state index contributed by atoms with van der Waals surface area (Å²) >= 11 is 6.01. The maximum Gasteiger partial charge on any atom is 0.0657 e. The summed E-state index contributed by atoms with van der Waals surface area (Å²) in [5.41, 5.74) is 6.51. The first-order valence-corrected chi connectivity index (χ1v) is 11.8. The smallest absolute Gasteiger partial charge is 0.0657 e. The second-order valence-corrected chi connectivity index (χ2v) is 9.14. The summed E-state index contributed by atoms with van der Waals surface area (Å²) in [4.78, 5) is 2.42. The zero-order valence-corrected chi connectivity index (χ0v) is 19.4. The van der Waals surface area contributed by atoms with Gasteiger partial charge in [-0.05, 0) is 80.5 Å². The van der Waals surface area contributed by atoms with Crippen molar-refractivity contribution in [1.82, 2.24) is 9.78 Å². The number of benzene rings is 2. The predicted molar refractivity (Wildman–Crippen MR) is 132 cm³/mol. The van der Waals surface area contributed by atoms with E-state index in [2.05, 4.69) is 78.0 Å². The lowest BCUT2D eigenvalue weighted by Gasteiger charge is -2.28. The monoisotopic (exact) mass is 433 g/mol. The Kier molecular flexibility index (Phi) is 7.14. The third-order valence-electron chi connectivity index (χ3n) is 6.07. The van der Waals surface area contributed by atoms with E-state index in [1.54, 1.807) is 5.57 Å². The Labute approximate surface area is 191 Å². The first-order valence-electron chi connectivity index (χ1n) is 11.4. The summed E-state index contributed by atoms with van der Waals surface area (Å²) in [6, 6.07) is 21.0. The molecule has 2 aromatic carbocycles. The van der Waals surface area contributed by atoms with Crippen LogP contribution in [0.5, 0.6) is 0 Å². The van der Waals surface area contributed by atoms with Crippen molar-refractivity contribution in [3.63, 3.8) is 0 Å². The van der Waals surface area contributed by atoms with E-state index >= 15 is 0 Å². The summed E-state index contributed by atoms with van der Waals surface area (Å²) in [6.07, 6.45) is 8.26. The van der Waals surface area contributed by atoms with Crippen molar-refractivity contribution < 1.29 is 0 Å². The number of nitrogens with zero attached hydrogens (tertiary/aromatic N) is 3. The number of para-hydroxylation sites is 1. The molecule has 4 rings (SSSR count). The number of halogens is 1. The van der Waals surface area contributed by atoms with Crippen LogP contribution in [-0.2, 0) is 6.42 Å². The summed E-state index contributed by atoms with van der Waals surface area (Å²) < 4.78 is 2.14. The van der Waals surface area contributed by atoms with Crippen LogP contribution in [0.15, 0.2) is 72.3 Å². The molecule has 0 amide bonds. The van der Waals surface area contributed by atoms with E-state index in [0.717, 1.165) is 36.6 Å². The van der Waals surface area contributed by atoms with Gasteiger partial charge in [0.05, 0.1) is 11.4 Å². The van der Waals surface area contributed by atoms with Crippen molar-refractivity contribution in [2.24, 2.45) is 0 Å². The molecule has 1 aromatic heterocycles. The number of unbranched alkanes of at least 4 members (excludes halogenated alkanes) is 1. The molecule has 3 aromatic rings. The number of aromatic nitrogens is 2. The van der Waals surface area contributed by atoms with Gasteiger partial charge in [0, 0.05) is 29.5 Å². The summed E-state index contributed by atoms with van der Waals surface area (Å²) in [5, 5.41) is 5.68. The van der Waals surface area contributed by atoms with E-state index in [-0.39, 0.29) is 0 Å². The molecule has 0 radical (unpaired) electrons. The van der Waals surface area contributed by atoms with Gasteiger partial charge in [-0.15, -0.1) is 0 Å². The van der Waals surface area contributed by atoms with Crippen molar-refractivity contribution >= 4 is 17.3 Å². The standard InChI is InChI=1S/C27H32ClN3/c1-21(2)27-20-26(31(29-27)25-9-4-3-5-10-25)11-7-6-8-22-16-18-30(19-17-22)24-14-12-23(28)13-15-24/h3-5,9-10,12-16,20-21H,6-8,11,17-19H2,1-2H3. The lowest BCUT2D eigenvalue weighted by molar-refractivity contribution is 0.663. The van der Waals surface area contributed by atoms with Crippen LogP contribution < -0.4 is 4.90 Å².